The maximum absolute atomic E-state index is 13.6. The van der Waals surface area contributed by atoms with Crippen LogP contribution in [-0.4, -0.2) is 13.0 Å². The fourth-order valence-electron chi connectivity index (χ4n) is 2.83. The molecule has 0 fully saturated rings. The SMILES string of the molecule is COc1ccc2c(C)c(CCC(=O)Nc3ccc(F)cc3F)c(=O)oc2c1. The molecule has 1 heterocycles. The van der Waals surface area contributed by atoms with Gasteiger partial charge in [0.1, 0.15) is 23.0 Å². The molecule has 140 valence electrons. The van der Waals surface area contributed by atoms with Crippen LogP contribution in [-0.2, 0) is 11.2 Å². The molecule has 0 atom stereocenters. The highest BCUT2D eigenvalue weighted by atomic mass is 19.1. The molecule has 1 amide bonds. The number of ether oxygens (including phenoxy) is 1. The van der Waals surface area contributed by atoms with E-state index >= 15 is 0 Å². The Bertz CT molecular complexity index is 1080. The molecular formula is C20H17F2NO4. The summed E-state index contributed by atoms with van der Waals surface area (Å²) in [5.74, 6) is -1.52. The van der Waals surface area contributed by atoms with Gasteiger partial charge in [-0.25, -0.2) is 13.6 Å². The smallest absolute Gasteiger partial charge is 0.339 e. The predicted molar refractivity (Wildman–Crippen MR) is 97.1 cm³/mol. The van der Waals surface area contributed by atoms with Gasteiger partial charge in [-0.2, -0.15) is 0 Å². The van der Waals surface area contributed by atoms with Crippen LogP contribution < -0.4 is 15.7 Å². The quantitative estimate of drug-likeness (QED) is 0.688. The minimum Gasteiger partial charge on any atom is -0.497 e. The lowest BCUT2D eigenvalue weighted by Gasteiger charge is -2.09. The molecule has 0 saturated heterocycles. The molecule has 1 aromatic heterocycles. The van der Waals surface area contributed by atoms with Crippen molar-refractivity contribution < 1.29 is 22.7 Å². The molecule has 0 radical (unpaired) electrons. The molecule has 2 aromatic carbocycles. The lowest BCUT2D eigenvalue weighted by atomic mass is 10.0. The zero-order chi connectivity index (χ0) is 19.6. The minimum atomic E-state index is -0.862. The van der Waals surface area contributed by atoms with Crippen molar-refractivity contribution >= 4 is 22.6 Å². The molecule has 7 heteroatoms. The summed E-state index contributed by atoms with van der Waals surface area (Å²) >= 11 is 0. The Morgan fingerprint density at radius 3 is 2.67 bits per heavy atom. The highest BCUT2D eigenvalue weighted by molar-refractivity contribution is 5.91. The van der Waals surface area contributed by atoms with E-state index in [4.69, 9.17) is 9.15 Å². The van der Waals surface area contributed by atoms with Gasteiger partial charge < -0.3 is 14.5 Å². The van der Waals surface area contributed by atoms with Crippen molar-refractivity contribution in [3.8, 4) is 5.75 Å². The number of halogens is 2. The largest absolute Gasteiger partial charge is 0.497 e. The number of rotatable bonds is 5. The Hall–Kier alpha value is -3.22. The van der Waals surface area contributed by atoms with Crippen molar-refractivity contribution in [3.05, 3.63) is 69.6 Å². The van der Waals surface area contributed by atoms with E-state index in [1.54, 1.807) is 25.1 Å². The van der Waals surface area contributed by atoms with Crippen molar-refractivity contribution in [2.45, 2.75) is 19.8 Å². The van der Waals surface area contributed by atoms with Crippen LogP contribution in [0.3, 0.4) is 0 Å². The topological polar surface area (TPSA) is 68.5 Å². The third-order valence-electron chi connectivity index (χ3n) is 4.30. The highest BCUT2D eigenvalue weighted by Crippen LogP contribution is 2.24. The van der Waals surface area contributed by atoms with E-state index in [1.807, 2.05) is 0 Å². The van der Waals surface area contributed by atoms with Gasteiger partial charge in [-0.15, -0.1) is 0 Å². The third kappa shape index (κ3) is 3.97. The Morgan fingerprint density at radius 2 is 1.96 bits per heavy atom. The van der Waals surface area contributed by atoms with Gasteiger partial charge in [0.15, 0.2) is 0 Å². The Kier molecular flexibility index (Phi) is 5.21. The number of amides is 1. The molecule has 0 unspecified atom stereocenters. The third-order valence-corrected chi connectivity index (χ3v) is 4.30. The van der Waals surface area contributed by atoms with E-state index in [2.05, 4.69) is 5.32 Å². The van der Waals surface area contributed by atoms with E-state index in [9.17, 15) is 18.4 Å². The van der Waals surface area contributed by atoms with Crippen LogP contribution in [0.25, 0.3) is 11.0 Å². The lowest BCUT2D eigenvalue weighted by Crippen LogP contribution is -2.17. The molecule has 27 heavy (non-hydrogen) atoms. The van der Waals surface area contributed by atoms with E-state index in [0.717, 1.165) is 17.5 Å². The van der Waals surface area contributed by atoms with Gasteiger partial charge in [0.25, 0.3) is 0 Å². The van der Waals surface area contributed by atoms with Crippen molar-refractivity contribution in [2.24, 2.45) is 0 Å². The number of hydrogen-bond donors (Lipinski definition) is 1. The first-order chi connectivity index (χ1) is 12.9. The molecular weight excluding hydrogens is 356 g/mol. The monoisotopic (exact) mass is 373 g/mol. The summed E-state index contributed by atoms with van der Waals surface area (Å²) in [7, 11) is 1.52. The van der Waals surface area contributed by atoms with Gasteiger partial charge >= 0.3 is 5.63 Å². The zero-order valence-electron chi connectivity index (χ0n) is 14.8. The van der Waals surface area contributed by atoms with Crippen LogP contribution >= 0.6 is 0 Å². The van der Waals surface area contributed by atoms with E-state index in [1.165, 1.54) is 7.11 Å². The highest BCUT2D eigenvalue weighted by Gasteiger charge is 2.14. The van der Waals surface area contributed by atoms with E-state index < -0.39 is 23.2 Å². The number of carbonyl (C=O) groups is 1. The minimum absolute atomic E-state index is 0.0515. The van der Waals surface area contributed by atoms with Gasteiger partial charge in [0, 0.05) is 29.5 Å². The van der Waals surface area contributed by atoms with E-state index in [0.29, 0.717) is 28.5 Å². The standard InChI is InChI=1S/C20H17F2NO4/c1-11-14-5-4-13(26-2)10-18(14)27-20(25)15(11)6-8-19(24)23-17-7-3-12(21)9-16(17)22/h3-5,7,9-10H,6,8H2,1-2H3,(H,23,24). The van der Waals surface area contributed by atoms with Crippen molar-refractivity contribution in [1.82, 2.24) is 0 Å². The fourth-order valence-corrected chi connectivity index (χ4v) is 2.83. The first-order valence-corrected chi connectivity index (χ1v) is 8.24. The normalized spacial score (nSPS) is 10.8. The molecule has 3 aromatic rings. The summed E-state index contributed by atoms with van der Waals surface area (Å²) < 4.78 is 37.0. The maximum atomic E-state index is 13.6. The van der Waals surface area contributed by atoms with Crippen molar-refractivity contribution in [2.75, 3.05) is 12.4 Å². The molecule has 0 aliphatic carbocycles. The van der Waals surface area contributed by atoms with Gasteiger partial charge in [0.2, 0.25) is 5.91 Å². The lowest BCUT2D eigenvalue weighted by molar-refractivity contribution is -0.116. The van der Waals surface area contributed by atoms with Gasteiger partial charge in [-0.1, -0.05) is 0 Å². The predicted octanol–water partition coefficient (Wildman–Crippen LogP) is 3.96. The second kappa shape index (κ2) is 7.57. The molecule has 0 saturated carbocycles. The van der Waals surface area contributed by atoms with Crippen LogP contribution in [0.15, 0.2) is 45.6 Å². The average molecular weight is 373 g/mol. The number of methoxy groups -OCH3 is 1. The van der Waals surface area contributed by atoms with Crippen LogP contribution in [0.1, 0.15) is 17.5 Å². The first-order valence-electron chi connectivity index (χ1n) is 8.24. The van der Waals surface area contributed by atoms with Crippen LogP contribution in [0.2, 0.25) is 0 Å². The molecule has 0 aliphatic heterocycles. The number of nitrogens with one attached hydrogen (secondary N) is 1. The molecule has 1 N–H and O–H groups in total. The Labute approximate surface area is 153 Å². The second-order valence-electron chi connectivity index (χ2n) is 6.03. The van der Waals surface area contributed by atoms with Crippen molar-refractivity contribution in [1.29, 1.82) is 0 Å². The second-order valence-corrected chi connectivity index (χ2v) is 6.03. The molecule has 0 spiro atoms. The number of benzene rings is 2. The summed E-state index contributed by atoms with van der Waals surface area (Å²) in [4.78, 5) is 24.3. The summed E-state index contributed by atoms with van der Waals surface area (Å²) in [6.45, 7) is 1.78. The number of aryl methyl sites for hydroxylation is 1. The number of anilines is 1. The molecule has 3 rings (SSSR count). The van der Waals surface area contributed by atoms with E-state index in [-0.39, 0.29) is 18.5 Å². The van der Waals surface area contributed by atoms with Gasteiger partial charge in [0.05, 0.1) is 12.8 Å². The van der Waals surface area contributed by atoms with Gasteiger partial charge in [-0.3, -0.25) is 4.79 Å². The molecule has 0 bridgehead atoms. The van der Waals surface area contributed by atoms with Crippen LogP contribution in [0, 0.1) is 18.6 Å². The summed E-state index contributed by atoms with van der Waals surface area (Å²) in [6, 6.07) is 8.04. The zero-order valence-corrected chi connectivity index (χ0v) is 14.8. The maximum Gasteiger partial charge on any atom is 0.339 e. The molecule has 0 aliphatic rings. The van der Waals surface area contributed by atoms with Crippen LogP contribution in [0.5, 0.6) is 5.75 Å². The molecule has 5 nitrogen and oxygen atoms in total. The number of hydrogen-bond acceptors (Lipinski definition) is 4. The van der Waals surface area contributed by atoms with Crippen LogP contribution in [0.4, 0.5) is 14.5 Å². The number of fused-ring (bicyclic) bond motifs is 1. The fraction of sp³-hybridized carbons (Fsp3) is 0.200. The Balaban J connectivity index is 1.78. The van der Waals surface area contributed by atoms with Gasteiger partial charge in [-0.05, 0) is 43.2 Å². The first kappa shape index (κ1) is 18.6. The number of carbonyl (C=O) groups excluding carboxylic acids is 1. The summed E-state index contributed by atoms with van der Waals surface area (Å²) in [5, 5.41) is 3.11. The average Bonchev–Trinajstić information content (AvgIpc) is 2.63. The summed E-state index contributed by atoms with van der Waals surface area (Å²) in [5.41, 5.74) is 0.843. The Morgan fingerprint density at radius 1 is 1.19 bits per heavy atom. The summed E-state index contributed by atoms with van der Waals surface area (Å²) in [6.07, 6.45) is 0.0782. The van der Waals surface area contributed by atoms with Crippen molar-refractivity contribution in [3.63, 3.8) is 0 Å².